The van der Waals surface area contributed by atoms with Crippen molar-refractivity contribution in [2.75, 3.05) is 0 Å². The number of rotatable bonds is 1. The number of Topliss-reactive ketones (excluding diaryl/α,β-unsaturated/α-hetero) is 1. The molecule has 13 heavy (non-hydrogen) atoms. The quantitative estimate of drug-likeness (QED) is 0.636. The zero-order valence-electron chi connectivity index (χ0n) is 7.74. The van der Waals surface area contributed by atoms with Gasteiger partial charge < -0.3 is 0 Å². The highest BCUT2D eigenvalue weighted by atomic mass is 35.5. The molecule has 0 amide bonds. The molecule has 1 rings (SSSR count). The van der Waals surface area contributed by atoms with E-state index in [2.05, 4.69) is 0 Å². The predicted octanol–water partition coefficient (Wildman–Crippen LogP) is 3.30. The van der Waals surface area contributed by atoms with Gasteiger partial charge in [0.2, 0.25) is 0 Å². The molecular formula is C10H10ClFO. The second kappa shape index (κ2) is 3.46. The Morgan fingerprint density at radius 3 is 2.46 bits per heavy atom. The Morgan fingerprint density at radius 2 is 2.00 bits per heavy atom. The average Bonchev–Trinajstić information content (AvgIpc) is 2.01. The van der Waals surface area contributed by atoms with Crippen molar-refractivity contribution in [1.29, 1.82) is 0 Å². The highest BCUT2D eigenvalue weighted by Crippen LogP contribution is 2.25. The molecule has 0 saturated carbocycles. The molecule has 1 nitrogen and oxygen atoms in total. The third kappa shape index (κ3) is 1.73. The van der Waals surface area contributed by atoms with Gasteiger partial charge >= 0.3 is 0 Å². The van der Waals surface area contributed by atoms with Crippen LogP contribution >= 0.6 is 11.6 Å². The zero-order valence-corrected chi connectivity index (χ0v) is 8.50. The zero-order chi connectivity index (χ0) is 10.2. The summed E-state index contributed by atoms with van der Waals surface area (Å²) in [5, 5.41) is 0.434. The van der Waals surface area contributed by atoms with Crippen LogP contribution in [-0.4, -0.2) is 5.78 Å². The Hall–Kier alpha value is -0.890. The number of benzene rings is 1. The van der Waals surface area contributed by atoms with Crippen molar-refractivity contribution in [2.24, 2.45) is 0 Å². The summed E-state index contributed by atoms with van der Waals surface area (Å²) >= 11 is 5.82. The van der Waals surface area contributed by atoms with Crippen molar-refractivity contribution < 1.29 is 9.18 Å². The van der Waals surface area contributed by atoms with Crippen molar-refractivity contribution in [1.82, 2.24) is 0 Å². The Kier molecular flexibility index (Phi) is 2.71. The van der Waals surface area contributed by atoms with Crippen LogP contribution in [0, 0.1) is 19.7 Å². The molecule has 1 aromatic rings. The molecule has 0 aliphatic heterocycles. The minimum absolute atomic E-state index is 0.102. The molecule has 0 bridgehead atoms. The first-order valence-corrected chi connectivity index (χ1v) is 4.29. The first-order chi connectivity index (χ1) is 5.95. The van der Waals surface area contributed by atoms with Crippen LogP contribution in [0.15, 0.2) is 6.07 Å². The van der Waals surface area contributed by atoms with E-state index >= 15 is 0 Å². The summed E-state index contributed by atoms with van der Waals surface area (Å²) < 4.78 is 13.4. The summed E-state index contributed by atoms with van der Waals surface area (Å²) in [6.07, 6.45) is 0. The normalized spacial score (nSPS) is 10.2. The summed E-state index contributed by atoms with van der Waals surface area (Å²) in [5.41, 5.74) is 1.02. The molecule has 0 atom stereocenters. The Bertz CT molecular complexity index is 345. The summed E-state index contributed by atoms with van der Waals surface area (Å²) in [5.74, 6) is -0.755. The number of ketones is 1. The van der Waals surface area contributed by atoms with E-state index in [1.165, 1.54) is 13.0 Å². The van der Waals surface area contributed by atoms with E-state index in [0.717, 1.165) is 0 Å². The number of carbonyl (C=O) groups excluding carboxylic acids is 1. The number of aryl methyl sites for hydroxylation is 1. The molecule has 0 N–H and O–H groups in total. The lowest BCUT2D eigenvalue weighted by atomic mass is 10.0. The molecule has 1 aromatic carbocycles. The van der Waals surface area contributed by atoms with Crippen LogP contribution in [0.5, 0.6) is 0 Å². The van der Waals surface area contributed by atoms with Crippen LogP contribution in [0.4, 0.5) is 4.39 Å². The number of hydrogen-bond donors (Lipinski definition) is 0. The molecule has 0 heterocycles. The van der Waals surface area contributed by atoms with Crippen LogP contribution in [0.25, 0.3) is 0 Å². The van der Waals surface area contributed by atoms with Gasteiger partial charge in [-0.05, 0) is 38.0 Å². The van der Waals surface area contributed by atoms with E-state index in [1.807, 2.05) is 0 Å². The smallest absolute Gasteiger partial charge is 0.163 e. The van der Waals surface area contributed by atoms with Crippen LogP contribution in [-0.2, 0) is 0 Å². The first-order valence-electron chi connectivity index (χ1n) is 3.91. The van der Waals surface area contributed by atoms with Crippen molar-refractivity contribution in [3.05, 3.63) is 33.6 Å². The minimum Gasteiger partial charge on any atom is -0.294 e. The Labute approximate surface area is 81.5 Å². The maximum Gasteiger partial charge on any atom is 0.163 e. The fourth-order valence-corrected chi connectivity index (χ4v) is 1.52. The van der Waals surface area contributed by atoms with Gasteiger partial charge in [-0.3, -0.25) is 4.79 Å². The van der Waals surface area contributed by atoms with Gasteiger partial charge in [-0.25, -0.2) is 4.39 Å². The van der Waals surface area contributed by atoms with Gasteiger partial charge in [0, 0.05) is 5.02 Å². The van der Waals surface area contributed by atoms with Crippen LogP contribution in [0.1, 0.15) is 28.4 Å². The number of carbonyl (C=O) groups is 1. The van der Waals surface area contributed by atoms with Gasteiger partial charge in [0.05, 0.1) is 5.56 Å². The number of hydrogen-bond acceptors (Lipinski definition) is 1. The molecule has 0 aliphatic rings. The fraction of sp³-hybridized carbons (Fsp3) is 0.300. The summed E-state index contributed by atoms with van der Waals surface area (Å²) in [7, 11) is 0. The molecule has 0 saturated heterocycles. The summed E-state index contributed by atoms with van der Waals surface area (Å²) in [4.78, 5) is 11.1. The molecule has 0 spiro atoms. The monoisotopic (exact) mass is 200 g/mol. The topological polar surface area (TPSA) is 17.1 Å². The van der Waals surface area contributed by atoms with Gasteiger partial charge in [-0.1, -0.05) is 11.6 Å². The SMILES string of the molecule is CC(=O)c1c(C)c(Cl)cc(C)c1F. The summed E-state index contributed by atoms with van der Waals surface area (Å²) in [6, 6.07) is 1.53. The first kappa shape index (κ1) is 10.2. The molecule has 0 aliphatic carbocycles. The van der Waals surface area contributed by atoms with Gasteiger partial charge in [-0.15, -0.1) is 0 Å². The maximum absolute atomic E-state index is 13.4. The van der Waals surface area contributed by atoms with Crippen LogP contribution < -0.4 is 0 Å². The van der Waals surface area contributed by atoms with Crippen LogP contribution in [0.3, 0.4) is 0 Å². The standard InChI is InChI=1S/C10H10ClFO/c1-5-4-8(11)6(2)9(7(3)13)10(5)12/h4H,1-3H3. The Morgan fingerprint density at radius 1 is 1.46 bits per heavy atom. The maximum atomic E-state index is 13.4. The third-order valence-electron chi connectivity index (χ3n) is 1.99. The summed E-state index contributed by atoms with van der Waals surface area (Å²) in [6.45, 7) is 4.57. The van der Waals surface area contributed by atoms with E-state index < -0.39 is 5.82 Å². The predicted molar refractivity (Wildman–Crippen MR) is 50.9 cm³/mol. The molecule has 0 aromatic heterocycles. The van der Waals surface area contributed by atoms with Crippen LogP contribution in [0.2, 0.25) is 5.02 Å². The van der Waals surface area contributed by atoms with Crippen molar-refractivity contribution in [2.45, 2.75) is 20.8 Å². The van der Waals surface area contributed by atoms with Crippen molar-refractivity contribution in [3.8, 4) is 0 Å². The second-order valence-electron chi connectivity index (χ2n) is 3.05. The molecule has 0 radical (unpaired) electrons. The van der Waals surface area contributed by atoms with E-state index in [0.29, 0.717) is 16.1 Å². The lowest BCUT2D eigenvalue weighted by Crippen LogP contribution is -2.03. The molecule has 0 unspecified atom stereocenters. The van der Waals surface area contributed by atoms with Crippen molar-refractivity contribution >= 4 is 17.4 Å². The molecule has 3 heteroatoms. The highest BCUT2D eigenvalue weighted by Gasteiger charge is 2.15. The second-order valence-corrected chi connectivity index (χ2v) is 3.45. The average molecular weight is 201 g/mol. The largest absolute Gasteiger partial charge is 0.294 e. The number of halogens is 2. The van der Waals surface area contributed by atoms with Gasteiger partial charge in [0.15, 0.2) is 5.78 Å². The lowest BCUT2D eigenvalue weighted by molar-refractivity contribution is 0.101. The van der Waals surface area contributed by atoms with E-state index in [4.69, 9.17) is 11.6 Å². The fourth-order valence-electron chi connectivity index (χ4n) is 1.26. The lowest BCUT2D eigenvalue weighted by Gasteiger charge is -2.08. The molecular weight excluding hydrogens is 191 g/mol. The van der Waals surface area contributed by atoms with Gasteiger partial charge in [0.25, 0.3) is 0 Å². The third-order valence-corrected chi connectivity index (χ3v) is 2.39. The minimum atomic E-state index is -0.464. The van der Waals surface area contributed by atoms with Gasteiger partial charge in [0.1, 0.15) is 5.82 Å². The van der Waals surface area contributed by atoms with Crippen molar-refractivity contribution in [3.63, 3.8) is 0 Å². The van der Waals surface area contributed by atoms with E-state index in [-0.39, 0.29) is 11.3 Å². The Balaban J connectivity index is 3.56. The van der Waals surface area contributed by atoms with E-state index in [1.54, 1.807) is 13.8 Å². The van der Waals surface area contributed by atoms with E-state index in [9.17, 15) is 9.18 Å². The molecule has 0 fully saturated rings. The van der Waals surface area contributed by atoms with Gasteiger partial charge in [-0.2, -0.15) is 0 Å². The highest BCUT2D eigenvalue weighted by molar-refractivity contribution is 6.32. The molecule has 70 valence electrons.